The van der Waals surface area contributed by atoms with E-state index in [0.717, 1.165) is 62.7 Å². The van der Waals surface area contributed by atoms with Crippen molar-refractivity contribution in [2.75, 3.05) is 6.61 Å². The molecule has 0 N–H and O–H groups in total. The van der Waals surface area contributed by atoms with Gasteiger partial charge in [-0.3, -0.25) is 4.79 Å². The van der Waals surface area contributed by atoms with Crippen molar-refractivity contribution in [2.45, 2.75) is 102 Å². The first kappa shape index (κ1) is 24.6. The minimum absolute atomic E-state index is 0.0865. The standard InChI is InChI=1S/C28H39N3O3/c1-2-3-4-11-19-33-21-22-13-12-14-23(20-22)26-29-27(34-30-26)28(32)31(24-15-7-5-8-16-24)25-17-9-6-10-18-25/h2,12-14,20,24-25H,1,3-11,15-19,21H2. The van der Waals surface area contributed by atoms with Crippen LogP contribution in [0.5, 0.6) is 0 Å². The number of hydrogen-bond acceptors (Lipinski definition) is 5. The summed E-state index contributed by atoms with van der Waals surface area (Å²) in [6, 6.07) is 8.57. The van der Waals surface area contributed by atoms with Gasteiger partial charge in [-0.1, -0.05) is 68.0 Å². The summed E-state index contributed by atoms with van der Waals surface area (Å²) in [4.78, 5) is 20.3. The molecule has 1 aromatic heterocycles. The number of allylic oxidation sites excluding steroid dienone is 1. The number of carbonyl (C=O) groups excluding carboxylic acids is 1. The number of carbonyl (C=O) groups is 1. The molecule has 0 radical (unpaired) electrons. The van der Waals surface area contributed by atoms with E-state index in [4.69, 9.17) is 9.26 Å². The Morgan fingerprint density at radius 2 is 1.76 bits per heavy atom. The number of aromatic nitrogens is 2. The molecule has 1 aromatic carbocycles. The number of benzene rings is 1. The quantitative estimate of drug-likeness (QED) is 0.272. The van der Waals surface area contributed by atoms with Crippen molar-refractivity contribution in [3.8, 4) is 11.4 Å². The molecule has 0 spiro atoms. The van der Waals surface area contributed by atoms with E-state index >= 15 is 0 Å². The summed E-state index contributed by atoms with van der Waals surface area (Å²) in [5.41, 5.74) is 1.90. The predicted octanol–water partition coefficient (Wildman–Crippen LogP) is 6.72. The van der Waals surface area contributed by atoms with Crippen molar-refractivity contribution in [3.05, 3.63) is 48.4 Å². The molecule has 0 saturated heterocycles. The number of rotatable bonds is 11. The summed E-state index contributed by atoms with van der Waals surface area (Å²) in [7, 11) is 0. The van der Waals surface area contributed by atoms with Gasteiger partial charge in [0, 0.05) is 24.3 Å². The van der Waals surface area contributed by atoms with Crippen LogP contribution in [0.2, 0.25) is 0 Å². The zero-order valence-corrected chi connectivity index (χ0v) is 20.4. The molecule has 1 heterocycles. The van der Waals surface area contributed by atoms with Crippen LogP contribution < -0.4 is 0 Å². The number of ether oxygens (including phenoxy) is 1. The van der Waals surface area contributed by atoms with Gasteiger partial charge in [-0.2, -0.15) is 4.98 Å². The zero-order chi connectivity index (χ0) is 23.6. The number of nitrogens with zero attached hydrogens (tertiary/aromatic N) is 3. The van der Waals surface area contributed by atoms with Crippen molar-refractivity contribution in [2.24, 2.45) is 0 Å². The second-order valence-electron chi connectivity index (χ2n) is 9.76. The Bertz CT molecular complexity index is 895. The first-order valence-corrected chi connectivity index (χ1v) is 13.2. The highest BCUT2D eigenvalue weighted by Crippen LogP contribution is 2.31. The van der Waals surface area contributed by atoms with Crippen LogP contribution >= 0.6 is 0 Å². The summed E-state index contributed by atoms with van der Waals surface area (Å²) in [5.74, 6) is 0.495. The molecular formula is C28H39N3O3. The Hall–Kier alpha value is -2.47. The average Bonchev–Trinajstić information content (AvgIpc) is 3.38. The van der Waals surface area contributed by atoms with E-state index in [-0.39, 0.29) is 11.8 Å². The van der Waals surface area contributed by atoms with E-state index in [1.807, 2.05) is 30.3 Å². The van der Waals surface area contributed by atoms with E-state index in [1.165, 1.54) is 38.5 Å². The Kier molecular flexibility index (Phi) is 9.31. The largest absolute Gasteiger partial charge is 0.377 e. The van der Waals surface area contributed by atoms with Crippen molar-refractivity contribution < 1.29 is 14.1 Å². The molecule has 34 heavy (non-hydrogen) atoms. The highest BCUT2D eigenvalue weighted by molar-refractivity contribution is 5.90. The Balaban J connectivity index is 1.43. The monoisotopic (exact) mass is 465 g/mol. The molecule has 0 aliphatic heterocycles. The highest BCUT2D eigenvalue weighted by Gasteiger charge is 2.35. The molecular weight excluding hydrogens is 426 g/mol. The topological polar surface area (TPSA) is 68.5 Å². The molecule has 2 aromatic rings. The molecule has 0 atom stereocenters. The lowest BCUT2D eigenvalue weighted by atomic mass is 9.88. The third-order valence-corrected chi connectivity index (χ3v) is 7.18. The number of hydrogen-bond donors (Lipinski definition) is 0. The van der Waals surface area contributed by atoms with Crippen molar-refractivity contribution >= 4 is 5.91 Å². The van der Waals surface area contributed by atoms with Crippen molar-refractivity contribution in [1.82, 2.24) is 15.0 Å². The van der Waals surface area contributed by atoms with Crippen LogP contribution in [-0.4, -0.2) is 39.6 Å². The van der Waals surface area contributed by atoms with Gasteiger partial charge in [-0.05, 0) is 56.6 Å². The van der Waals surface area contributed by atoms with Crippen LogP contribution in [0.3, 0.4) is 0 Å². The van der Waals surface area contributed by atoms with Crippen LogP contribution in [0.25, 0.3) is 11.4 Å². The molecule has 2 aliphatic rings. The van der Waals surface area contributed by atoms with Crippen LogP contribution in [-0.2, 0) is 11.3 Å². The fourth-order valence-electron chi connectivity index (χ4n) is 5.37. The van der Waals surface area contributed by atoms with Gasteiger partial charge >= 0.3 is 11.8 Å². The van der Waals surface area contributed by atoms with E-state index in [9.17, 15) is 4.79 Å². The van der Waals surface area contributed by atoms with Crippen molar-refractivity contribution in [1.29, 1.82) is 0 Å². The van der Waals surface area contributed by atoms with Gasteiger partial charge in [0.2, 0.25) is 5.82 Å². The summed E-state index contributed by atoms with van der Waals surface area (Å²) in [5, 5.41) is 4.17. The fraction of sp³-hybridized carbons (Fsp3) is 0.607. The van der Waals surface area contributed by atoms with E-state index in [1.54, 1.807) is 0 Å². The molecule has 0 bridgehead atoms. The maximum Gasteiger partial charge on any atom is 0.316 e. The predicted molar refractivity (Wildman–Crippen MR) is 133 cm³/mol. The first-order valence-electron chi connectivity index (χ1n) is 13.2. The fourth-order valence-corrected chi connectivity index (χ4v) is 5.37. The average molecular weight is 466 g/mol. The normalized spacial score (nSPS) is 17.5. The molecule has 6 heteroatoms. The molecule has 4 rings (SSSR count). The van der Waals surface area contributed by atoms with Crippen LogP contribution in [0, 0.1) is 0 Å². The summed E-state index contributed by atoms with van der Waals surface area (Å²) in [6.45, 7) is 5.03. The van der Waals surface area contributed by atoms with Gasteiger partial charge in [0.1, 0.15) is 0 Å². The number of unbranched alkanes of at least 4 members (excludes halogenated alkanes) is 2. The lowest BCUT2D eigenvalue weighted by Crippen LogP contribution is -2.48. The Morgan fingerprint density at radius 3 is 2.44 bits per heavy atom. The van der Waals surface area contributed by atoms with Crippen LogP contribution in [0.1, 0.15) is 99.7 Å². The third-order valence-electron chi connectivity index (χ3n) is 7.18. The number of amides is 1. The van der Waals surface area contributed by atoms with Gasteiger partial charge in [-0.25, -0.2) is 0 Å². The molecule has 184 valence electrons. The lowest BCUT2D eigenvalue weighted by Gasteiger charge is -2.41. The van der Waals surface area contributed by atoms with Gasteiger partial charge in [0.15, 0.2) is 0 Å². The Labute approximate surface area is 203 Å². The summed E-state index contributed by atoms with van der Waals surface area (Å²) < 4.78 is 11.3. The summed E-state index contributed by atoms with van der Waals surface area (Å²) in [6.07, 6.45) is 16.7. The molecule has 6 nitrogen and oxygen atoms in total. The molecule has 2 saturated carbocycles. The third kappa shape index (κ3) is 6.56. The van der Waals surface area contributed by atoms with Crippen molar-refractivity contribution in [3.63, 3.8) is 0 Å². The van der Waals surface area contributed by atoms with Gasteiger partial charge in [0.25, 0.3) is 0 Å². The zero-order valence-electron chi connectivity index (χ0n) is 20.4. The van der Waals surface area contributed by atoms with E-state index in [0.29, 0.717) is 24.5 Å². The lowest BCUT2D eigenvalue weighted by molar-refractivity contribution is 0.0401. The molecule has 2 aliphatic carbocycles. The minimum Gasteiger partial charge on any atom is -0.377 e. The Morgan fingerprint density at radius 1 is 1.06 bits per heavy atom. The SMILES string of the molecule is C=CCCCCOCc1cccc(-c2noc(C(=O)N(C3CCCCC3)C3CCCCC3)n2)c1. The van der Waals surface area contributed by atoms with E-state index in [2.05, 4.69) is 21.6 Å². The molecule has 1 amide bonds. The second kappa shape index (κ2) is 12.8. The van der Waals surface area contributed by atoms with E-state index < -0.39 is 0 Å². The summed E-state index contributed by atoms with van der Waals surface area (Å²) >= 11 is 0. The second-order valence-corrected chi connectivity index (χ2v) is 9.76. The minimum atomic E-state index is -0.0865. The molecule has 0 unspecified atom stereocenters. The van der Waals surface area contributed by atoms with Crippen LogP contribution in [0.15, 0.2) is 41.4 Å². The van der Waals surface area contributed by atoms with Crippen LogP contribution in [0.4, 0.5) is 0 Å². The first-order chi connectivity index (χ1) is 16.8. The maximum absolute atomic E-state index is 13.6. The molecule has 2 fully saturated rings. The van der Waals surface area contributed by atoms with Gasteiger partial charge in [-0.15, -0.1) is 6.58 Å². The van der Waals surface area contributed by atoms with Gasteiger partial charge in [0.05, 0.1) is 6.61 Å². The van der Waals surface area contributed by atoms with Gasteiger partial charge < -0.3 is 14.2 Å². The maximum atomic E-state index is 13.6. The smallest absolute Gasteiger partial charge is 0.316 e. The highest BCUT2D eigenvalue weighted by atomic mass is 16.5.